The van der Waals surface area contributed by atoms with Crippen molar-refractivity contribution in [2.24, 2.45) is 5.41 Å². The quantitative estimate of drug-likeness (QED) is 0.824. The number of nitrogens with zero attached hydrogens (tertiary/aromatic N) is 2. The second kappa shape index (κ2) is 7.01. The van der Waals surface area contributed by atoms with Crippen molar-refractivity contribution >= 4 is 11.9 Å². The minimum atomic E-state index is -1.06. The molecule has 1 rings (SSSR count). The van der Waals surface area contributed by atoms with Gasteiger partial charge in [-0.1, -0.05) is 20.8 Å². The van der Waals surface area contributed by atoms with Crippen molar-refractivity contribution < 1.29 is 19.4 Å². The lowest BCUT2D eigenvalue weighted by Gasteiger charge is -2.21. The molecule has 0 spiro atoms. The maximum absolute atomic E-state index is 12.0. The van der Waals surface area contributed by atoms with Gasteiger partial charge in [0.2, 0.25) is 5.88 Å². The Hall–Kier alpha value is -2.18. The summed E-state index contributed by atoms with van der Waals surface area (Å²) in [5.74, 6) is -1.34. The van der Waals surface area contributed by atoms with E-state index in [9.17, 15) is 14.7 Å². The van der Waals surface area contributed by atoms with E-state index in [1.807, 2.05) is 20.8 Å². The number of hydrogen-bond acceptors (Lipinski definition) is 5. The Kier molecular flexibility index (Phi) is 5.63. The van der Waals surface area contributed by atoms with Crippen molar-refractivity contribution in [2.45, 2.75) is 39.7 Å². The maximum atomic E-state index is 12.0. The first-order valence-electron chi connectivity index (χ1n) is 6.64. The SMILES string of the molecule is COc1ccc(C(=O)NC(CCC(C)(C)C)C(=O)O)nn1. The Morgan fingerprint density at radius 3 is 2.43 bits per heavy atom. The summed E-state index contributed by atoms with van der Waals surface area (Å²) in [6.45, 7) is 6.05. The van der Waals surface area contributed by atoms with Crippen molar-refractivity contribution in [1.29, 1.82) is 0 Å². The van der Waals surface area contributed by atoms with Gasteiger partial charge in [-0.3, -0.25) is 4.79 Å². The highest BCUT2D eigenvalue weighted by atomic mass is 16.5. The average molecular weight is 295 g/mol. The third kappa shape index (κ3) is 5.76. The number of nitrogens with one attached hydrogen (secondary N) is 1. The number of hydrogen-bond donors (Lipinski definition) is 2. The molecule has 0 fully saturated rings. The Morgan fingerprint density at radius 1 is 1.33 bits per heavy atom. The highest BCUT2D eigenvalue weighted by molar-refractivity contribution is 5.94. The summed E-state index contributed by atoms with van der Waals surface area (Å²) in [5.41, 5.74) is 0.0519. The van der Waals surface area contributed by atoms with Gasteiger partial charge in [-0.05, 0) is 24.3 Å². The smallest absolute Gasteiger partial charge is 0.326 e. The highest BCUT2D eigenvalue weighted by Crippen LogP contribution is 2.21. The lowest BCUT2D eigenvalue weighted by molar-refractivity contribution is -0.139. The van der Waals surface area contributed by atoms with Crippen LogP contribution in [-0.2, 0) is 4.79 Å². The molecule has 0 radical (unpaired) electrons. The number of carbonyl (C=O) groups excluding carboxylic acids is 1. The van der Waals surface area contributed by atoms with Gasteiger partial charge in [-0.15, -0.1) is 10.2 Å². The molecule has 1 aromatic rings. The molecule has 1 aromatic heterocycles. The summed E-state index contributed by atoms with van der Waals surface area (Å²) >= 11 is 0. The van der Waals surface area contributed by atoms with Crippen LogP contribution >= 0.6 is 0 Å². The fraction of sp³-hybridized carbons (Fsp3) is 0.571. The number of ether oxygens (including phenoxy) is 1. The molecule has 2 N–H and O–H groups in total. The minimum Gasteiger partial charge on any atom is -0.480 e. The van der Waals surface area contributed by atoms with Crippen LogP contribution in [0.5, 0.6) is 5.88 Å². The topological polar surface area (TPSA) is 101 Å². The molecule has 0 aromatic carbocycles. The van der Waals surface area contributed by atoms with Crippen LogP contribution in [0.3, 0.4) is 0 Å². The van der Waals surface area contributed by atoms with Crippen molar-refractivity contribution in [3.8, 4) is 5.88 Å². The molecule has 116 valence electrons. The zero-order valence-electron chi connectivity index (χ0n) is 12.7. The molecule has 0 bridgehead atoms. The van der Waals surface area contributed by atoms with Gasteiger partial charge in [-0.25, -0.2) is 4.79 Å². The molecule has 1 amide bonds. The largest absolute Gasteiger partial charge is 0.480 e. The normalized spacial score (nSPS) is 12.6. The molecule has 7 nitrogen and oxygen atoms in total. The molecule has 21 heavy (non-hydrogen) atoms. The number of rotatable bonds is 6. The third-order valence-electron chi connectivity index (χ3n) is 2.87. The fourth-order valence-electron chi connectivity index (χ4n) is 1.62. The molecular weight excluding hydrogens is 274 g/mol. The summed E-state index contributed by atoms with van der Waals surface area (Å²) in [7, 11) is 1.44. The average Bonchev–Trinajstić information content (AvgIpc) is 2.42. The van der Waals surface area contributed by atoms with E-state index in [-0.39, 0.29) is 17.0 Å². The van der Waals surface area contributed by atoms with Crippen LogP contribution in [0.2, 0.25) is 0 Å². The molecule has 0 aliphatic heterocycles. The molecule has 1 atom stereocenters. The van der Waals surface area contributed by atoms with Crippen LogP contribution < -0.4 is 10.1 Å². The van der Waals surface area contributed by atoms with Crippen LogP contribution in [0, 0.1) is 5.41 Å². The number of aromatic nitrogens is 2. The number of methoxy groups -OCH3 is 1. The Bertz CT molecular complexity index is 494. The van der Waals surface area contributed by atoms with Crippen LogP contribution in [-0.4, -0.2) is 40.3 Å². The predicted molar refractivity (Wildman–Crippen MR) is 76.2 cm³/mol. The molecule has 1 unspecified atom stereocenters. The van der Waals surface area contributed by atoms with E-state index in [1.165, 1.54) is 19.2 Å². The third-order valence-corrected chi connectivity index (χ3v) is 2.87. The molecule has 0 saturated carbocycles. The first kappa shape index (κ1) is 16.9. The van der Waals surface area contributed by atoms with Gasteiger partial charge in [-0.2, -0.15) is 0 Å². The van der Waals surface area contributed by atoms with Crippen LogP contribution in [0.15, 0.2) is 12.1 Å². The van der Waals surface area contributed by atoms with Gasteiger partial charge < -0.3 is 15.2 Å². The van der Waals surface area contributed by atoms with Crippen LogP contribution in [0.4, 0.5) is 0 Å². The van der Waals surface area contributed by atoms with Gasteiger partial charge in [0.05, 0.1) is 7.11 Å². The van der Waals surface area contributed by atoms with E-state index >= 15 is 0 Å². The zero-order valence-corrected chi connectivity index (χ0v) is 12.7. The van der Waals surface area contributed by atoms with E-state index in [0.717, 1.165) is 0 Å². The summed E-state index contributed by atoms with van der Waals surface area (Å²) < 4.78 is 4.84. The number of carbonyl (C=O) groups is 2. The van der Waals surface area contributed by atoms with E-state index in [0.29, 0.717) is 12.8 Å². The number of amides is 1. The van der Waals surface area contributed by atoms with Gasteiger partial charge in [0, 0.05) is 6.07 Å². The summed E-state index contributed by atoms with van der Waals surface area (Å²) in [6, 6.07) is 1.98. The van der Waals surface area contributed by atoms with E-state index in [2.05, 4.69) is 15.5 Å². The van der Waals surface area contributed by atoms with Crippen LogP contribution in [0.1, 0.15) is 44.1 Å². The molecule has 0 aliphatic rings. The van der Waals surface area contributed by atoms with Gasteiger partial charge in [0.25, 0.3) is 5.91 Å². The van der Waals surface area contributed by atoms with Crippen molar-refractivity contribution in [3.63, 3.8) is 0 Å². The maximum Gasteiger partial charge on any atom is 0.326 e. The molecule has 7 heteroatoms. The minimum absolute atomic E-state index is 0.00164. The van der Waals surface area contributed by atoms with Gasteiger partial charge >= 0.3 is 5.97 Å². The predicted octanol–water partition coefficient (Wildman–Crippen LogP) is 1.49. The first-order valence-corrected chi connectivity index (χ1v) is 6.64. The second-order valence-corrected chi connectivity index (χ2v) is 5.92. The fourth-order valence-corrected chi connectivity index (χ4v) is 1.62. The van der Waals surface area contributed by atoms with Gasteiger partial charge in [0.15, 0.2) is 5.69 Å². The summed E-state index contributed by atoms with van der Waals surface area (Å²) in [4.78, 5) is 23.2. The van der Waals surface area contributed by atoms with Crippen LogP contribution in [0.25, 0.3) is 0 Å². The molecular formula is C14H21N3O4. The molecule has 0 saturated heterocycles. The Morgan fingerprint density at radius 2 is 2.00 bits per heavy atom. The van der Waals surface area contributed by atoms with E-state index in [1.54, 1.807) is 0 Å². The Balaban J connectivity index is 2.69. The standard InChI is InChI=1S/C14H21N3O4/c1-14(2,3)8-7-10(13(19)20)15-12(18)9-5-6-11(21-4)17-16-9/h5-6,10H,7-8H2,1-4H3,(H,15,18)(H,19,20). The molecule has 1 heterocycles. The van der Waals surface area contributed by atoms with Crippen molar-refractivity contribution in [1.82, 2.24) is 15.5 Å². The van der Waals surface area contributed by atoms with Crippen molar-refractivity contribution in [3.05, 3.63) is 17.8 Å². The lowest BCUT2D eigenvalue weighted by atomic mass is 9.88. The van der Waals surface area contributed by atoms with E-state index < -0.39 is 17.9 Å². The van der Waals surface area contributed by atoms with E-state index in [4.69, 9.17) is 4.74 Å². The van der Waals surface area contributed by atoms with Gasteiger partial charge in [0.1, 0.15) is 6.04 Å². The number of carboxylic acid groups (broad SMARTS) is 1. The number of carboxylic acids is 1. The summed E-state index contributed by atoms with van der Waals surface area (Å²) in [6.07, 6.45) is 1.03. The lowest BCUT2D eigenvalue weighted by Crippen LogP contribution is -2.41. The monoisotopic (exact) mass is 295 g/mol. The molecule has 0 aliphatic carbocycles. The zero-order chi connectivity index (χ0) is 16.0. The highest BCUT2D eigenvalue weighted by Gasteiger charge is 2.23. The second-order valence-electron chi connectivity index (χ2n) is 5.92. The van der Waals surface area contributed by atoms with Crippen molar-refractivity contribution in [2.75, 3.05) is 7.11 Å². The first-order chi connectivity index (χ1) is 9.73. The Labute approximate surface area is 123 Å². The number of aliphatic carboxylic acids is 1. The summed E-state index contributed by atoms with van der Waals surface area (Å²) in [5, 5.41) is 19.0.